The molecule has 1 aromatic heterocycles. The molecule has 1 aliphatic rings. The van der Waals surface area contributed by atoms with Crippen LogP contribution in [0.2, 0.25) is 0 Å². The molecule has 1 atom stereocenters. The fraction of sp³-hybridized carbons (Fsp3) is 0.308. The zero-order chi connectivity index (χ0) is 13.6. The Kier molecular flexibility index (Phi) is 2.73. The quantitative estimate of drug-likeness (QED) is 0.766. The number of aromatic amines is 2. The molecular formula is C13H11F3N2O. The first kappa shape index (κ1) is 12.1. The Bertz CT molecular complexity index is 690. The van der Waals surface area contributed by atoms with Crippen molar-refractivity contribution in [3.8, 4) is 0 Å². The molecule has 0 aliphatic heterocycles. The molecule has 0 radical (unpaired) electrons. The standard InChI is InChI=1S/C13H11F3N2O/c14-8-3-4-9(15)12(16)11(8)6-1-2-7-10(5-6)17-18-13(7)19/h3-4,6H,1-2,5H2,(H2,17,18,19). The minimum atomic E-state index is -1.13. The van der Waals surface area contributed by atoms with Crippen molar-refractivity contribution < 1.29 is 13.2 Å². The Hall–Kier alpha value is -1.98. The zero-order valence-corrected chi connectivity index (χ0v) is 9.90. The van der Waals surface area contributed by atoms with Crippen molar-refractivity contribution in [1.82, 2.24) is 10.2 Å². The van der Waals surface area contributed by atoms with Gasteiger partial charge in [0.05, 0.1) is 0 Å². The van der Waals surface area contributed by atoms with Gasteiger partial charge in [-0.3, -0.25) is 9.89 Å². The van der Waals surface area contributed by atoms with Gasteiger partial charge in [0.15, 0.2) is 11.6 Å². The van der Waals surface area contributed by atoms with Crippen molar-refractivity contribution in [3.05, 3.63) is 56.8 Å². The molecule has 1 unspecified atom stereocenters. The molecule has 0 fully saturated rings. The number of benzene rings is 1. The summed E-state index contributed by atoms with van der Waals surface area (Å²) in [6, 6.07) is 1.71. The number of H-pyrrole nitrogens is 2. The molecule has 2 N–H and O–H groups in total. The van der Waals surface area contributed by atoms with Crippen LogP contribution < -0.4 is 5.56 Å². The minimum absolute atomic E-state index is 0.200. The van der Waals surface area contributed by atoms with Crippen LogP contribution in [-0.2, 0) is 12.8 Å². The van der Waals surface area contributed by atoms with E-state index in [-0.39, 0.29) is 11.1 Å². The van der Waals surface area contributed by atoms with Crippen LogP contribution in [0.3, 0.4) is 0 Å². The second-order valence-electron chi connectivity index (χ2n) is 4.73. The summed E-state index contributed by atoms with van der Waals surface area (Å²) in [5.41, 5.74) is 0.833. The molecule has 19 heavy (non-hydrogen) atoms. The number of fused-ring (bicyclic) bond motifs is 1. The van der Waals surface area contributed by atoms with Crippen LogP contribution >= 0.6 is 0 Å². The summed E-state index contributed by atoms with van der Waals surface area (Å²) < 4.78 is 40.7. The first-order valence-corrected chi connectivity index (χ1v) is 5.99. The molecule has 1 aliphatic carbocycles. The SMILES string of the molecule is O=c1[nH][nH]c2c1CCC(c1c(F)ccc(F)c1F)C2. The maximum atomic E-state index is 13.7. The highest BCUT2D eigenvalue weighted by molar-refractivity contribution is 5.30. The summed E-state index contributed by atoms with van der Waals surface area (Å²) >= 11 is 0. The summed E-state index contributed by atoms with van der Waals surface area (Å²) in [6.45, 7) is 0. The fourth-order valence-electron chi connectivity index (χ4n) is 2.69. The predicted octanol–water partition coefficient (Wildman–Crippen LogP) is 2.39. The van der Waals surface area contributed by atoms with Gasteiger partial charge in [-0.15, -0.1) is 0 Å². The number of nitrogens with one attached hydrogen (secondary N) is 2. The molecule has 6 heteroatoms. The molecule has 0 bridgehead atoms. The van der Waals surface area contributed by atoms with E-state index < -0.39 is 23.4 Å². The van der Waals surface area contributed by atoms with Gasteiger partial charge in [-0.1, -0.05) is 0 Å². The largest absolute Gasteiger partial charge is 0.302 e. The van der Waals surface area contributed by atoms with E-state index in [1.807, 2.05) is 0 Å². The van der Waals surface area contributed by atoms with Crippen LogP contribution in [-0.4, -0.2) is 10.2 Å². The van der Waals surface area contributed by atoms with Gasteiger partial charge >= 0.3 is 0 Å². The Balaban J connectivity index is 2.02. The Morgan fingerprint density at radius 1 is 1.11 bits per heavy atom. The van der Waals surface area contributed by atoms with Gasteiger partial charge in [0.1, 0.15) is 5.82 Å². The Morgan fingerprint density at radius 3 is 2.63 bits per heavy atom. The van der Waals surface area contributed by atoms with Gasteiger partial charge in [-0.05, 0) is 37.3 Å². The van der Waals surface area contributed by atoms with Gasteiger partial charge in [0, 0.05) is 16.8 Å². The first-order chi connectivity index (χ1) is 9.08. The van der Waals surface area contributed by atoms with Crippen molar-refractivity contribution in [2.24, 2.45) is 0 Å². The average molecular weight is 268 g/mol. The summed E-state index contributed by atoms with van der Waals surface area (Å²) in [6.07, 6.45) is 1.14. The van der Waals surface area contributed by atoms with E-state index in [0.717, 1.165) is 12.1 Å². The highest BCUT2D eigenvalue weighted by atomic mass is 19.2. The van der Waals surface area contributed by atoms with Crippen molar-refractivity contribution in [1.29, 1.82) is 0 Å². The average Bonchev–Trinajstić information content (AvgIpc) is 2.76. The summed E-state index contributed by atoms with van der Waals surface area (Å²) in [7, 11) is 0. The van der Waals surface area contributed by atoms with Crippen molar-refractivity contribution >= 4 is 0 Å². The van der Waals surface area contributed by atoms with E-state index in [0.29, 0.717) is 30.5 Å². The Labute approximate surface area is 106 Å². The molecule has 1 aromatic carbocycles. The van der Waals surface area contributed by atoms with E-state index >= 15 is 0 Å². The van der Waals surface area contributed by atoms with Crippen molar-refractivity contribution in [2.45, 2.75) is 25.2 Å². The van der Waals surface area contributed by atoms with Crippen LogP contribution in [0.25, 0.3) is 0 Å². The number of aromatic nitrogens is 2. The fourth-order valence-corrected chi connectivity index (χ4v) is 2.69. The maximum Gasteiger partial charge on any atom is 0.267 e. The Morgan fingerprint density at radius 2 is 1.84 bits per heavy atom. The lowest BCUT2D eigenvalue weighted by Gasteiger charge is -2.22. The maximum absolute atomic E-state index is 13.7. The number of hydrogen-bond acceptors (Lipinski definition) is 1. The first-order valence-electron chi connectivity index (χ1n) is 5.99. The van der Waals surface area contributed by atoms with Crippen molar-refractivity contribution in [3.63, 3.8) is 0 Å². The van der Waals surface area contributed by atoms with Crippen LogP contribution in [0.4, 0.5) is 13.2 Å². The third-order valence-electron chi connectivity index (χ3n) is 3.65. The third kappa shape index (κ3) is 1.87. The second kappa shape index (κ2) is 4.29. The summed E-state index contributed by atoms with van der Waals surface area (Å²) in [5, 5.41) is 5.15. The van der Waals surface area contributed by atoms with Crippen molar-refractivity contribution in [2.75, 3.05) is 0 Å². The second-order valence-corrected chi connectivity index (χ2v) is 4.73. The lowest BCUT2D eigenvalue weighted by atomic mass is 9.82. The van der Waals surface area contributed by atoms with Crippen LogP contribution in [0.15, 0.2) is 16.9 Å². The van der Waals surface area contributed by atoms with E-state index in [1.54, 1.807) is 0 Å². The monoisotopic (exact) mass is 268 g/mol. The van der Waals surface area contributed by atoms with Crippen LogP contribution in [0.5, 0.6) is 0 Å². The smallest absolute Gasteiger partial charge is 0.267 e. The molecular weight excluding hydrogens is 257 g/mol. The van der Waals surface area contributed by atoms with E-state index in [9.17, 15) is 18.0 Å². The van der Waals surface area contributed by atoms with Gasteiger partial charge < -0.3 is 5.10 Å². The molecule has 100 valence electrons. The van der Waals surface area contributed by atoms with E-state index in [1.165, 1.54) is 0 Å². The molecule has 0 saturated carbocycles. The van der Waals surface area contributed by atoms with Gasteiger partial charge in [0.2, 0.25) is 0 Å². The molecule has 0 spiro atoms. The van der Waals surface area contributed by atoms with E-state index in [4.69, 9.17) is 0 Å². The van der Waals surface area contributed by atoms with Crippen LogP contribution in [0, 0.1) is 17.5 Å². The predicted molar refractivity (Wildman–Crippen MR) is 62.5 cm³/mol. The number of halogens is 3. The topological polar surface area (TPSA) is 48.6 Å². The molecule has 3 nitrogen and oxygen atoms in total. The molecule has 3 rings (SSSR count). The van der Waals surface area contributed by atoms with Gasteiger partial charge in [-0.2, -0.15) is 0 Å². The highest BCUT2D eigenvalue weighted by Gasteiger charge is 2.28. The molecule has 2 aromatic rings. The van der Waals surface area contributed by atoms with E-state index in [2.05, 4.69) is 10.2 Å². The number of hydrogen-bond donors (Lipinski definition) is 2. The molecule has 1 heterocycles. The highest BCUT2D eigenvalue weighted by Crippen LogP contribution is 2.34. The van der Waals surface area contributed by atoms with Gasteiger partial charge in [-0.25, -0.2) is 13.2 Å². The lowest BCUT2D eigenvalue weighted by molar-refractivity contribution is 0.447. The lowest BCUT2D eigenvalue weighted by Crippen LogP contribution is -2.18. The normalized spacial score (nSPS) is 18.4. The summed E-state index contributed by atoms with van der Waals surface area (Å²) in [5.74, 6) is -3.39. The molecule has 0 saturated heterocycles. The third-order valence-corrected chi connectivity index (χ3v) is 3.65. The molecule has 0 amide bonds. The van der Waals surface area contributed by atoms with Gasteiger partial charge in [0.25, 0.3) is 5.56 Å². The van der Waals surface area contributed by atoms with Crippen LogP contribution in [0.1, 0.15) is 29.2 Å². The minimum Gasteiger partial charge on any atom is -0.302 e. The zero-order valence-electron chi connectivity index (χ0n) is 9.90. The summed E-state index contributed by atoms with van der Waals surface area (Å²) in [4.78, 5) is 11.4. The number of rotatable bonds is 1.